The molecule has 4 heteroatoms. The number of carbonyl (C=O) groups excluding carboxylic acids is 2. The number of hydrogen-bond donors (Lipinski definition) is 1. The van der Waals surface area contributed by atoms with Crippen molar-refractivity contribution in [3.63, 3.8) is 0 Å². The fraction of sp³-hybridized carbons (Fsp3) is 0.520. The predicted molar refractivity (Wildman–Crippen MR) is 117 cm³/mol. The highest BCUT2D eigenvalue weighted by atomic mass is 16.1. The Labute approximate surface area is 174 Å². The molecule has 1 heterocycles. The number of rotatable bonds is 2. The molecule has 1 aliphatic heterocycles. The number of nitrogens with one attached hydrogen (secondary N) is 1. The summed E-state index contributed by atoms with van der Waals surface area (Å²) in [6.07, 6.45) is 4.10. The van der Waals surface area contributed by atoms with Crippen LogP contribution in [0.5, 0.6) is 0 Å². The molecular formula is C25H32N2O2. The minimum atomic E-state index is -0.294. The number of allylic oxidation sites excluding steroid dienone is 4. The summed E-state index contributed by atoms with van der Waals surface area (Å²) in [6.45, 7) is 8.51. The molecule has 2 unspecified atom stereocenters. The SMILES string of the molecule is CN(C)c1ccc(C2C3=C(CC(C)(C)CC3=O)NC3=CC(C)(C)CC(=O)C32)cc1. The van der Waals surface area contributed by atoms with Gasteiger partial charge in [-0.15, -0.1) is 0 Å². The van der Waals surface area contributed by atoms with Gasteiger partial charge in [0.2, 0.25) is 0 Å². The zero-order valence-corrected chi connectivity index (χ0v) is 18.4. The van der Waals surface area contributed by atoms with E-state index in [2.05, 4.69) is 68.3 Å². The summed E-state index contributed by atoms with van der Waals surface area (Å²) in [5.41, 5.74) is 4.77. The Morgan fingerprint density at radius 1 is 0.931 bits per heavy atom. The maximum absolute atomic E-state index is 13.3. The fourth-order valence-corrected chi connectivity index (χ4v) is 5.26. The van der Waals surface area contributed by atoms with Gasteiger partial charge < -0.3 is 10.2 Å². The highest BCUT2D eigenvalue weighted by Gasteiger charge is 2.48. The van der Waals surface area contributed by atoms with Crippen LogP contribution in [-0.2, 0) is 9.59 Å². The van der Waals surface area contributed by atoms with E-state index in [1.54, 1.807) is 0 Å². The van der Waals surface area contributed by atoms with E-state index >= 15 is 0 Å². The van der Waals surface area contributed by atoms with Crippen LogP contribution >= 0.6 is 0 Å². The Hall–Kier alpha value is -2.36. The summed E-state index contributed by atoms with van der Waals surface area (Å²) in [4.78, 5) is 28.6. The minimum Gasteiger partial charge on any atom is -0.378 e. The second kappa shape index (κ2) is 6.58. The normalized spacial score (nSPS) is 27.6. The number of carbonyl (C=O) groups is 2. The van der Waals surface area contributed by atoms with Gasteiger partial charge in [0, 0.05) is 55.5 Å². The first kappa shape index (κ1) is 19.9. The first-order valence-electron chi connectivity index (χ1n) is 10.5. The topological polar surface area (TPSA) is 49.4 Å². The molecule has 0 saturated heterocycles. The van der Waals surface area contributed by atoms with E-state index in [9.17, 15) is 9.59 Å². The maximum Gasteiger partial charge on any atom is 0.161 e. The van der Waals surface area contributed by atoms with Crippen LogP contribution in [-0.4, -0.2) is 25.7 Å². The van der Waals surface area contributed by atoms with Gasteiger partial charge in [-0.25, -0.2) is 0 Å². The van der Waals surface area contributed by atoms with E-state index in [1.807, 2.05) is 14.1 Å². The zero-order valence-electron chi connectivity index (χ0n) is 18.4. The molecular weight excluding hydrogens is 360 g/mol. The smallest absolute Gasteiger partial charge is 0.161 e. The van der Waals surface area contributed by atoms with Crippen molar-refractivity contribution in [2.75, 3.05) is 19.0 Å². The van der Waals surface area contributed by atoms with Crippen LogP contribution < -0.4 is 10.2 Å². The Bertz CT molecular complexity index is 932. The third-order valence-electron chi connectivity index (χ3n) is 6.49. The van der Waals surface area contributed by atoms with Gasteiger partial charge >= 0.3 is 0 Å². The van der Waals surface area contributed by atoms with Crippen molar-refractivity contribution in [2.24, 2.45) is 16.7 Å². The van der Waals surface area contributed by atoms with Gasteiger partial charge in [0.1, 0.15) is 5.78 Å². The third-order valence-corrected chi connectivity index (χ3v) is 6.49. The standard InChI is InChI=1S/C25H32N2O2/c1-24(2)11-17-22(19(28)13-24)21(15-7-9-16(10-8-15)27(5)6)23-18(26-17)12-25(3,4)14-20(23)29/h7-11,21-22,26H,12-14H2,1-6H3. The van der Waals surface area contributed by atoms with Crippen molar-refractivity contribution >= 4 is 17.3 Å². The molecule has 2 aliphatic carbocycles. The lowest BCUT2D eigenvalue weighted by Crippen LogP contribution is -2.46. The highest BCUT2D eigenvalue weighted by molar-refractivity contribution is 6.01. The second-order valence-electron chi connectivity index (χ2n) is 10.6. The zero-order chi connectivity index (χ0) is 21.1. The largest absolute Gasteiger partial charge is 0.378 e. The van der Waals surface area contributed by atoms with Crippen molar-refractivity contribution in [1.82, 2.24) is 5.32 Å². The molecule has 0 aromatic heterocycles. The van der Waals surface area contributed by atoms with Gasteiger partial charge in [0.25, 0.3) is 0 Å². The van der Waals surface area contributed by atoms with E-state index in [0.29, 0.717) is 12.8 Å². The maximum atomic E-state index is 13.3. The molecule has 3 aliphatic rings. The number of nitrogens with zero attached hydrogens (tertiary/aromatic N) is 1. The van der Waals surface area contributed by atoms with Gasteiger partial charge in [0.05, 0.1) is 5.92 Å². The Morgan fingerprint density at radius 3 is 2.21 bits per heavy atom. The molecule has 4 rings (SSSR count). The van der Waals surface area contributed by atoms with Crippen molar-refractivity contribution in [1.29, 1.82) is 0 Å². The van der Waals surface area contributed by atoms with Crippen molar-refractivity contribution in [2.45, 2.75) is 52.9 Å². The molecule has 0 saturated carbocycles. The predicted octanol–water partition coefficient (Wildman–Crippen LogP) is 4.58. The monoisotopic (exact) mass is 392 g/mol. The summed E-state index contributed by atoms with van der Waals surface area (Å²) >= 11 is 0. The van der Waals surface area contributed by atoms with Gasteiger partial charge in [-0.05, 0) is 34.9 Å². The van der Waals surface area contributed by atoms with Crippen molar-refractivity contribution in [3.8, 4) is 0 Å². The van der Waals surface area contributed by atoms with E-state index < -0.39 is 0 Å². The van der Waals surface area contributed by atoms with Gasteiger partial charge in [0.15, 0.2) is 5.78 Å². The number of benzene rings is 1. The summed E-state index contributed by atoms with van der Waals surface area (Å²) in [5.74, 6) is -0.0777. The Morgan fingerprint density at radius 2 is 1.59 bits per heavy atom. The van der Waals surface area contributed by atoms with Crippen molar-refractivity contribution < 1.29 is 9.59 Å². The average Bonchev–Trinajstić information content (AvgIpc) is 2.57. The van der Waals surface area contributed by atoms with Crippen LogP contribution in [0.2, 0.25) is 0 Å². The van der Waals surface area contributed by atoms with E-state index in [0.717, 1.165) is 34.6 Å². The molecule has 0 radical (unpaired) electrons. The number of fused-ring (bicyclic) bond motifs is 1. The molecule has 0 fully saturated rings. The molecule has 4 nitrogen and oxygen atoms in total. The fourth-order valence-electron chi connectivity index (χ4n) is 5.26. The highest BCUT2D eigenvalue weighted by Crippen LogP contribution is 2.51. The van der Waals surface area contributed by atoms with Crippen molar-refractivity contribution in [3.05, 3.63) is 52.9 Å². The van der Waals surface area contributed by atoms with Crippen LogP contribution in [0.4, 0.5) is 5.69 Å². The number of anilines is 1. The molecule has 0 spiro atoms. The lowest BCUT2D eigenvalue weighted by atomic mass is 9.62. The molecule has 29 heavy (non-hydrogen) atoms. The molecule has 1 aromatic rings. The van der Waals surface area contributed by atoms with Crippen LogP contribution in [0.3, 0.4) is 0 Å². The summed E-state index contributed by atoms with van der Waals surface area (Å²) in [5, 5.41) is 3.55. The molecule has 1 N–H and O–H groups in total. The lowest BCUT2D eigenvalue weighted by Gasteiger charge is -2.45. The van der Waals surface area contributed by atoms with E-state index in [4.69, 9.17) is 0 Å². The summed E-state index contributed by atoms with van der Waals surface area (Å²) in [6, 6.07) is 8.34. The third kappa shape index (κ3) is 3.54. The number of ketones is 2. The van der Waals surface area contributed by atoms with Crippen LogP contribution in [0, 0.1) is 16.7 Å². The van der Waals surface area contributed by atoms with E-state index in [-0.39, 0.29) is 34.2 Å². The molecule has 2 atom stereocenters. The van der Waals surface area contributed by atoms with E-state index in [1.165, 1.54) is 0 Å². The summed E-state index contributed by atoms with van der Waals surface area (Å²) in [7, 11) is 4.03. The summed E-state index contributed by atoms with van der Waals surface area (Å²) < 4.78 is 0. The lowest BCUT2D eigenvalue weighted by molar-refractivity contribution is -0.125. The van der Waals surface area contributed by atoms with Crippen LogP contribution in [0.15, 0.2) is 47.3 Å². The molecule has 0 amide bonds. The number of hydrogen-bond acceptors (Lipinski definition) is 4. The van der Waals surface area contributed by atoms with Gasteiger partial charge in [-0.1, -0.05) is 45.9 Å². The van der Waals surface area contributed by atoms with Gasteiger partial charge in [-0.2, -0.15) is 0 Å². The minimum absolute atomic E-state index is 0.0656. The Balaban J connectivity index is 1.88. The molecule has 0 bridgehead atoms. The molecule has 154 valence electrons. The average molecular weight is 393 g/mol. The number of Topliss-reactive ketones (excluding diaryl/α,β-unsaturated/α-hetero) is 2. The van der Waals surface area contributed by atoms with Gasteiger partial charge in [-0.3, -0.25) is 9.59 Å². The van der Waals surface area contributed by atoms with Crippen LogP contribution in [0.1, 0.15) is 58.4 Å². The quantitative estimate of drug-likeness (QED) is 0.800. The molecule has 1 aromatic carbocycles. The Kier molecular flexibility index (Phi) is 4.52. The van der Waals surface area contributed by atoms with Crippen LogP contribution in [0.25, 0.3) is 0 Å². The second-order valence-corrected chi connectivity index (χ2v) is 10.6. The first-order valence-corrected chi connectivity index (χ1v) is 10.5. The first-order chi connectivity index (χ1) is 13.5.